The van der Waals surface area contributed by atoms with E-state index in [0.717, 1.165) is 11.6 Å². The Balaban J connectivity index is 2.17. The van der Waals surface area contributed by atoms with Crippen molar-refractivity contribution in [1.29, 1.82) is 0 Å². The fourth-order valence-corrected chi connectivity index (χ4v) is 2.50. The van der Waals surface area contributed by atoms with Crippen LogP contribution in [-0.2, 0) is 0 Å². The predicted molar refractivity (Wildman–Crippen MR) is 81.9 cm³/mol. The summed E-state index contributed by atoms with van der Waals surface area (Å²) in [5.41, 5.74) is 0.934. The minimum atomic E-state index is -0.628. The van der Waals surface area contributed by atoms with E-state index in [1.54, 1.807) is 0 Å². The van der Waals surface area contributed by atoms with Gasteiger partial charge in [-0.1, -0.05) is 57.9 Å². The zero-order valence-electron chi connectivity index (χ0n) is 10.4. The molecule has 1 N–H and O–H groups in total. The molecule has 2 aromatic rings. The second kappa shape index (κ2) is 6.86. The van der Waals surface area contributed by atoms with Crippen LogP contribution < -0.4 is 5.32 Å². The van der Waals surface area contributed by atoms with Gasteiger partial charge in [-0.3, -0.25) is 4.79 Å². The Morgan fingerprint density at radius 3 is 2.55 bits per heavy atom. The largest absolute Gasteiger partial charge is 0.344 e. The first-order valence-electron chi connectivity index (χ1n) is 5.98. The first-order valence-corrected chi connectivity index (χ1v) is 7.48. The monoisotopic (exact) mass is 355 g/mol. The normalized spacial score (nSPS) is 11.9. The molecule has 1 amide bonds. The van der Waals surface area contributed by atoms with Gasteiger partial charge in [0.25, 0.3) is 5.91 Å². The molecule has 2 nitrogen and oxygen atoms in total. The molecular formula is C15H12BrClFNO. The molecule has 5 heteroatoms. The molecule has 0 spiro atoms. The van der Waals surface area contributed by atoms with Crippen molar-refractivity contribution < 1.29 is 9.18 Å². The van der Waals surface area contributed by atoms with Gasteiger partial charge < -0.3 is 5.32 Å². The van der Waals surface area contributed by atoms with E-state index in [2.05, 4.69) is 21.2 Å². The predicted octanol–water partition coefficient (Wildman–Crippen LogP) is 4.35. The third kappa shape index (κ3) is 3.58. The smallest absolute Gasteiger partial charge is 0.254 e. The van der Waals surface area contributed by atoms with Gasteiger partial charge in [0.2, 0.25) is 0 Å². The number of halogens is 3. The lowest BCUT2D eigenvalue weighted by Gasteiger charge is -2.17. The van der Waals surface area contributed by atoms with Crippen LogP contribution in [0.4, 0.5) is 4.39 Å². The minimum absolute atomic E-state index is 0.0173. The lowest BCUT2D eigenvalue weighted by molar-refractivity contribution is 0.0936. The quantitative estimate of drug-likeness (QED) is 0.811. The van der Waals surface area contributed by atoms with Crippen LogP contribution in [0.25, 0.3) is 0 Å². The van der Waals surface area contributed by atoms with Gasteiger partial charge in [0, 0.05) is 10.4 Å². The Hall–Kier alpha value is -1.39. The summed E-state index contributed by atoms with van der Waals surface area (Å²) in [5, 5.41) is 3.59. The molecule has 0 aliphatic rings. The molecule has 0 bridgehead atoms. The van der Waals surface area contributed by atoms with Crippen molar-refractivity contribution >= 4 is 33.4 Å². The Morgan fingerprint density at radius 2 is 1.95 bits per heavy atom. The first kappa shape index (κ1) is 15.0. The second-order valence-corrected chi connectivity index (χ2v) is 5.30. The zero-order valence-corrected chi connectivity index (χ0v) is 12.8. The van der Waals surface area contributed by atoms with Gasteiger partial charge in [-0.2, -0.15) is 0 Å². The summed E-state index contributed by atoms with van der Waals surface area (Å²) in [7, 11) is 0. The van der Waals surface area contributed by atoms with Crippen LogP contribution in [0.3, 0.4) is 0 Å². The van der Waals surface area contributed by atoms with Crippen molar-refractivity contribution in [2.24, 2.45) is 0 Å². The molecule has 0 saturated carbocycles. The van der Waals surface area contributed by atoms with E-state index in [4.69, 9.17) is 11.6 Å². The standard InChI is InChI=1S/C15H12BrClFNO/c16-9-14(10-4-2-1-3-5-10)19-15(20)12-7-6-11(17)8-13(12)18/h1-8,14H,9H2,(H,19,20). The van der Waals surface area contributed by atoms with Crippen LogP contribution in [0.2, 0.25) is 5.02 Å². The average molecular weight is 357 g/mol. The van der Waals surface area contributed by atoms with Crippen LogP contribution in [0.15, 0.2) is 48.5 Å². The highest BCUT2D eigenvalue weighted by Gasteiger charge is 2.17. The highest BCUT2D eigenvalue weighted by Crippen LogP contribution is 2.18. The molecule has 0 radical (unpaired) electrons. The Labute approximate surface area is 130 Å². The van der Waals surface area contributed by atoms with Crippen molar-refractivity contribution in [2.45, 2.75) is 6.04 Å². The average Bonchev–Trinajstić information content (AvgIpc) is 2.45. The third-order valence-corrected chi connectivity index (χ3v) is 3.72. The number of benzene rings is 2. The Morgan fingerprint density at radius 1 is 1.25 bits per heavy atom. The van der Waals surface area contributed by atoms with E-state index in [1.807, 2.05) is 30.3 Å². The summed E-state index contributed by atoms with van der Waals surface area (Å²) < 4.78 is 13.7. The van der Waals surface area contributed by atoms with Crippen molar-refractivity contribution in [2.75, 3.05) is 5.33 Å². The van der Waals surface area contributed by atoms with Crippen LogP contribution in [-0.4, -0.2) is 11.2 Å². The van der Waals surface area contributed by atoms with Crippen LogP contribution in [0, 0.1) is 5.82 Å². The maximum Gasteiger partial charge on any atom is 0.254 e. The number of alkyl halides is 1. The van der Waals surface area contributed by atoms with Gasteiger partial charge in [-0.05, 0) is 23.8 Å². The molecule has 2 aromatic carbocycles. The number of hydrogen-bond acceptors (Lipinski definition) is 1. The van der Waals surface area contributed by atoms with Crippen LogP contribution in [0.5, 0.6) is 0 Å². The van der Waals surface area contributed by atoms with E-state index >= 15 is 0 Å². The molecule has 0 fully saturated rings. The number of amides is 1. The van der Waals surface area contributed by atoms with Crippen LogP contribution >= 0.6 is 27.5 Å². The molecule has 1 unspecified atom stereocenters. The molecule has 0 saturated heterocycles. The first-order chi connectivity index (χ1) is 9.61. The van der Waals surface area contributed by atoms with E-state index in [-0.39, 0.29) is 16.6 Å². The molecule has 104 valence electrons. The van der Waals surface area contributed by atoms with Crippen molar-refractivity contribution in [1.82, 2.24) is 5.32 Å². The van der Waals surface area contributed by atoms with E-state index in [1.165, 1.54) is 12.1 Å². The SMILES string of the molecule is O=C(NC(CBr)c1ccccc1)c1ccc(Cl)cc1F. The van der Waals surface area contributed by atoms with E-state index in [9.17, 15) is 9.18 Å². The molecule has 1 atom stereocenters. The Bertz CT molecular complexity index is 606. The lowest BCUT2D eigenvalue weighted by Crippen LogP contribution is -2.30. The number of nitrogens with one attached hydrogen (secondary N) is 1. The van der Waals surface area contributed by atoms with E-state index in [0.29, 0.717) is 5.33 Å². The zero-order chi connectivity index (χ0) is 14.5. The van der Waals surface area contributed by atoms with Crippen molar-refractivity contribution in [3.05, 3.63) is 70.5 Å². The van der Waals surface area contributed by atoms with Gasteiger partial charge in [0.1, 0.15) is 5.82 Å². The van der Waals surface area contributed by atoms with Gasteiger partial charge >= 0.3 is 0 Å². The summed E-state index contributed by atoms with van der Waals surface area (Å²) in [4.78, 5) is 12.1. The highest BCUT2D eigenvalue weighted by atomic mass is 79.9. The summed E-state index contributed by atoms with van der Waals surface area (Å²) in [6.07, 6.45) is 0. The Kier molecular flexibility index (Phi) is 5.15. The third-order valence-electron chi connectivity index (χ3n) is 2.84. The van der Waals surface area contributed by atoms with Crippen molar-refractivity contribution in [3.63, 3.8) is 0 Å². The molecule has 0 heterocycles. The molecule has 2 rings (SSSR count). The topological polar surface area (TPSA) is 29.1 Å². The molecule has 0 aliphatic heterocycles. The van der Waals surface area contributed by atoms with E-state index < -0.39 is 11.7 Å². The molecule has 20 heavy (non-hydrogen) atoms. The number of carbonyl (C=O) groups is 1. The number of carbonyl (C=O) groups excluding carboxylic acids is 1. The number of hydrogen-bond donors (Lipinski definition) is 1. The van der Waals surface area contributed by atoms with Gasteiger partial charge in [-0.25, -0.2) is 4.39 Å². The van der Waals surface area contributed by atoms with Crippen LogP contribution in [0.1, 0.15) is 22.0 Å². The van der Waals surface area contributed by atoms with Gasteiger partial charge in [-0.15, -0.1) is 0 Å². The molecule has 0 aromatic heterocycles. The van der Waals surface area contributed by atoms with Gasteiger partial charge in [0.05, 0.1) is 11.6 Å². The summed E-state index contributed by atoms with van der Waals surface area (Å²) in [6.45, 7) is 0. The lowest BCUT2D eigenvalue weighted by atomic mass is 10.1. The molecule has 0 aliphatic carbocycles. The fourth-order valence-electron chi connectivity index (χ4n) is 1.81. The second-order valence-electron chi connectivity index (χ2n) is 4.22. The van der Waals surface area contributed by atoms with Gasteiger partial charge in [0.15, 0.2) is 0 Å². The maximum absolute atomic E-state index is 13.7. The maximum atomic E-state index is 13.7. The molecular weight excluding hydrogens is 345 g/mol. The fraction of sp³-hybridized carbons (Fsp3) is 0.133. The summed E-state index contributed by atoms with van der Waals surface area (Å²) in [5.74, 6) is -1.09. The minimum Gasteiger partial charge on any atom is -0.344 e. The summed E-state index contributed by atoms with van der Waals surface area (Å²) in [6, 6.07) is 13.3. The summed E-state index contributed by atoms with van der Waals surface area (Å²) >= 11 is 9.03. The number of rotatable bonds is 4. The highest BCUT2D eigenvalue weighted by molar-refractivity contribution is 9.09. The van der Waals surface area contributed by atoms with Crippen molar-refractivity contribution in [3.8, 4) is 0 Å².